The molecule has 2 fully saturated rings. The molecule has 3 heterocycles. The monoisotopic (exact) mass is 318 g/mol. The standard InChI is InChI=1S/C12H19ClN4O2S/c1-16-12(11(13)7-14-16)20(18,19)17(2)10-5-8-3-4-9(6-10)15-8/h7-10,15H,3-6H2,1-2H3. The van der Waals surface area contributed by atoms with Gasteiger partial charge in [0.1, 0.15) is 0 Å². The van der Waals surface area contributed by atoms with Crippen molar-refractivity contribution in [3.05, 3.63) is 11.2 Å². The first-order valence-corrected chi connectivity index (χ1v) is 8.63. The van der Waals surface area contributed by atoms with Crippen LogP contribution in [0.15, 0.2) is 11.2 Å². The third-order valence-corrected chi connectivity index (χ3v) is 6.85. The van der Waals surface area contributed by atoms with Crippen LogP contribution < -0.4 is 5.32 Å². The van der Waals surface area contributed by atoms with Gasteiger partial charge in [-0.15, -0.1) is 0 Å². The Morgan fingerprint density at radius 1 is 1.40 bits per heavy atom. The van der Waals surface area contributed by atoms with Crippen molar-refractivity contribution in [2.75, 3.05) is 7.05 Å². The van der Waals surface area contributed by atoms with Crippen molar-refractivity contribution in [2.45, 2.75) is 48.8 Å². The van der Waals surface area contributed by atoms with Gasteiger partial charge in [0.2, 0.25) is 0 Å². The molecule has 0 radical (unpaired) electrons. The van der Waals surface area contributed by atoms with E-state index in [-0.39, 0.29) is 16.1 Å². The topological polar surface area (TPSA) is 67.2 Å². The van der Waals surface area contributed by atoms with E-state index in [0.29, 0.717) is 12.1 Å². The van der Waals surface area contributed by atoms with Gasteiger partial charge >= 0.3 is 0 Å². The number of halogens is 1. The number of aromatic nitrogens is 2. The summed E-state index contributed by atoms with van der Waals surface area (Å²) in [6.07, 6.45) is 5.38. The van der Waals surface area contributed by atoms with Crippen LogP contribution in [0.2, 0.25) is 5.02 Å². The minimum Gasteiger partial charge on any atom is -0.311 e. The molecule has 1 aromatic heterocycles. The molecule has 0 saturated carbocycles. The summed E-state index contributed by atoms with van der Waals surface area (Å²) < 4.78 is 28.3. The predicted octanol–water partition coefficient (Wildman–Crippen LogP) is 0.977. The molecule has 112 valence electrons. The summed E-state index contributed by atoms with van der Waals surface area (Å²) in [6.45, 7) is 0. The molecular weight excluding hydrogens is 300 g/mol. The maximum Gasteiger partial charge on any atom is 0.261 e. The molecule has 0 spiro atoms. The van der Waals surface area contributed by atoms with Crippen LogP contribution >= 0.6 is 11.6 Å². The van der Waals surface area contributed by atoms with Crippen LogP contribution in [0.5, 0.6) is 0 Å². The number of aryl methyl sites for hydroxylation is 1. The van der Waals surface area contributed by atoms with E-state index in [9.17, 15) is 8.42 Å². The molecule has 2 atom stereocenters. The number of hydrogen-bond donors (Lipinski definition) is 1. The van der Waals surface area contributed by atoms with E-state index in [1.165, 1.54) is 15.2 Å². The number of hydrogen-bond acceptors (Lipinski definition) is 4. The Balaban J connectivity index is 1.88. The van der Waals surface area contributed by atoms with Gasteiger partial charge in [-0.05, 0) is 25.7 Å². The van der Waals surface area contributed by atoms with Gasteiger partial charge in [0, 0.05) is 32.2 Å². The Bertz CT molecular complexity index is 583. The molecule has 3 rings (SSSR count). The third-order valence-electron chi connectivity index (χ3n) is 4.43. The molecule has 20 heavy (non-hydrogen) atoms. The predicted molar refractivity (Wildman–Crippen MR) is 76.1 cm³/mol. The minimum absolute atomic E-state index is 0.0321. The molecule has 0 amide bonds. The molecule has 1 N–H and O–H groups in total. The third kappa shape index (κ3) is 2.26. The summed E-state index contributed by atoms with van der Waals surface area (Å²) in [5.74, 6) is 0. The number of nitrogens with one attached hydrogen (secondary N) is 1. The van der Waals surface area contributed by atoms with Gasteiger partial charge in [0.05, 0.1) is 11.2 Å². The highest BCUT2D eigenvalue weighted by molar-refractivity contribution is 7.89. The number of nitrogens with zero attached hydrogens (tertiary/aromatic N) is 3. The zero-order chi connectivity index (χ0) is 14.5. The summed E-state index contributed by atoms with van der Waals surface area (Å²) in [5, 5.41) is 7.69. The van der Waals surface area contributed by atoms with Gasteiger partial charge in [0.25, 0.3) is 10.0 Å². The molecule has 2 saturated heterocycles. The number of sulfonamides is 1. The van der Waals surface area contributed by atoms with E-state index in [1.54, 1.807) is 14.1 Å². The first-order valence-electron chi connectivity index (χ1n) is 6.81. The van der Waals surface area contributed by atoms with Crippen LogP contribution in [0, 0.1) is 0 Å². The Hall–Kier alpha value is -0.630. The summed E-state index contributed by atoms with van der Waals surface area (Å²) in [6, 6.07) is 0.918. The average Bonchev–Trinajstić information content (AvgIpc) is 2.91. The SMILES string of the molecule is CN(C1CC2CCC(C1)N2)S(=O)(=O)c1c(Cl)cnn1C. The van der Waals surface area contributed by atoms with Gasteiger partial charge in [-0.3, -0.25) is 4.68 Å². The summed E-state index contributed by atoms with van der Waals surface area (Å²) in [7, 11) is -0.359. The Labute approximate surface area is 124 Å². The lowest BCUT2D eigenvalue weighted by molar-refractivity contribution is 0.250. The Kier molecular flexibility index (Phi) is 3.56. The van der Waals surface area contributed by atoms with Crippen molar-refractivity contribution in [1.82, 2.24) is 19.4 Å². The average molecular weight is 319 g/mol. The number of rotatable bonds is 3. The molecule has 2 unspecified atom stereocenters. The van der Waals surface area contributed by atoms with Crippen LogP contribution in [0.25, 0.3) is 0 Å². The highest BCUT2D eigenvalue weighted by atomic mass is 35.5. The van der Waals surface area contributed by atoms with Crippen LogP contribution in [0.3, 0.4) is 0 Å². The molecule has 8 heteroatoms. The fourth-order valence-electron chi connectivity index (χ4n) is 3.35. The second kappa shape index (κ2) is 4.98. The molecule has 2 aliphatic heterocycles. The van der Waals surface area contributed by atoms with Gasteiger partial charge in [-0.1, -0.05) is 11.6 Å². The van der Waals surface area contributed by atoms with E-state index < -0.39 is 10.0 Å². The summed E-state index contributed by atoms with van der Waals surface area (Å²) >= 11 is 5.98. The fourth-order valence-corrected chi connectivity index (χ4v) is 5.32. The summed E-state index contributed by atoms with van der Waals surface area (Å²) in [5.41, 5.74) is 0. The van der Waals surface area contributed by atoms with E-state index in [1.807, 2.05) is 0 Å². The maximum atomic E-state index is 12.7. The highest BCUT2D eigenvalue weighted by Crippen LogP contribution is 2.32. The van der Waals surface area contributed by atoms with E-state index in [2.05, 4.69) is 10.4 Å². The maximum absolute atomic E-state index is 12.7. The van der Waals surface area contributed by atoms with Crippen molar-refractivity contribution in [3.8, 4) is 0 Å². The van der Waals surface area contributed by atoms with Gasteiger partial charge in [-0.2, -0.15) is 9.40 Å². The molecule has 1 aromatic rings. The smallest absolute Gasteiger partial charge is 0.261 e. The van der Waals surface area contributed by atoms with E-state index >= 15 is 0 Å². The van der Waals surface area contributed by atoms with E-state index in [4.69, 9.17) is 11.6 Å². The van der Waals surface area contributed by atoms with Crippen molar-refractivity contribution in [2.24, 2.45) is 7.05 Å². The fraction of sp³-hybridized carbons (Fsp3) is 0.750. The molecule has 0 aliphatic carbocycles. The van der Waals surface area contributed by atoms with Crippen molar-refractivity contribution in [1.29, 1.82) is 0 Å². The molecular formula is C12H19ClN4O2S. The van der Waals surface area contributed by atoms with E-state index in [0.717, 1.165) is 25.7 Å². The molecule has 0 aromatic carbocycles. The summed E-state index contributed by atoms with van der Waals surface area (Å²) in [4.78, 5) is 0. The van der Waals surface area contributed by atoms with Gasteiger partial charge < -0.3 is 5.32 Å². The lowest BCUT2D eigenvalue weighted by Crippen LogP contribution is -2.48. The molecule has 2 aliphatic rings. The zero-order valence-corrected chi connectivity index (χ0v) is 13.2. The highest BCUT2D eigenvalue weighted by Gasteiger charge is 2.40. The Morgan fingerprint density at radius 2 is 2.00 bits per heavy atom. The number of piperidine rings is 1. The van der Waals surface area contributed by atoms with Crippen molar-refractivity contribution in [3.63, 3.8) is 0 Å². The quantitative estimate of drug-likeness (QED) is 0.902. The lowest BCUT2D eigenvalue weighted by Gasteiger charge is -2.34. The van der Waals surface area contributed by atoms with Crippen LogP contribution in [-0.4, -0.2) is 47.7 Å². The van der Waals surface area contributed by atoms with Crippen molar-refractivity contribution >= 4 is 21.6 Å². The zero-order valence-electron chi connectivity index (χ0n) is 11.6. The molecule has 2 bridgehead atoms. The second-order valence-electron chi connectivity index (χ2n) is 5.71. The second-order valence-corrected chi connectivity index (χ2v) is 8.03. The van der Waals surface area contributed by atoms with Gasteiger partial charge in [0.15, 0.2) is 5.03 Å². The normalized spacial score (nSPS) is 30.1. The first-order chi connectivity index (χ1) is 9.39. The van der Waals surface area contributed by atoms with Crippen LogP contribution in [0.1, 0.15) is 25.7 Å². The lowest BCUT2D eigenvalue weighted by atomic mass is 10.0. The number of fused-ring (bicyclic) bond motifs is 2. The van der Waals surface area contributed by atoms with Gasteiger partial charge in [-0.25, -0.2) is 8.42 Å². The minimum atomic E-state index is -3.60. The van der Waals surface area contributed by atoms with Crippen molar-refractivity contribution < 1.29 is 8.42 Å². The van der Waals surface area contributed by atoms with Crippen LogP contribution in [0.4, 0.5) is 0 Å². The largest absolute Gasteiger partial charge is 0.311 e. The first kappa shape index (κ1) is 14.3. The van der Waals surface area contributed by atoms with Crippen LogP contribution in [-0.2, 0) is 17.1 Å². The molecule has 6 nitrogen and oxygen atoms in total. The Morgan fingerprint density at radius 3 is 2.50 bits per heavy atom.